The van der Waals surface area contributed by atoms with Crippen LogP contribution in [-0.4, -0.2) is 11.2 Å². The fraction of sp³-hybridized carbons (Fsp3) is 0. The van der Waals surface area contributed by atoms with Gasteiger partial charge < -0.3 is 5.11 Å². The van der Waals surface area contributed by atoms with Crippen LogP contribution in [0.4, 0.5) is 14.9 Å². The quantitative estimate of drug-likeness (QED) is 0.768. The third-order valence-corrected chi connectivity index (χ3v) is 2.20. The molecule has 6 heteroatoms. The molecule has 0 saturated heterocycles. The second-order valence-electron chi connectivity index (χ2n) is 2.15. The molecule has 3 nitrogen and oxygen atoms in total. The zero-order valence-corrected chi connectivity index (χ0v) is 8.49. The van der Waals surface area contributed by atoms with E-state index in [1.807, 2.05) is 5.32 Å². The van der Waals surface area contributed by atoms with Crippen LogP contribution in [0, 0.1) is 5.82 Å². The molecule has 0 aliphatic heterocycles. The average molecular weight is 268 g/mol. The maximum absolute atomic E-state index is 13.2. The summed E-state index contributed by atoms with van der Waals surface area (Å²) in [5, 5.41) is 10.2. The Morgan fingerprint density at radius 1 is 1.62 bits per heavy atom. The molecule has 13 heavy (non-hydrogen) atoms. The Kier molecular flexibility index (Phi) is 3.11. The van der Waals surface area contributed by atoms with Crippen molar-refractivity contribution in [2.45, 2.75) is 0 Å². The first-order chi connectivity index (χ1) is 6.02. The highest BCUT2D eigenvalue weighted by atomic mass is 79.9. The third-order valence-electron chi connectivity index (χ3n) is 1.28. The number of rotatable bonds is 1. The largest absolute Gasteiger partial charge is 0.465 e. The molecule has 0 aromatic heterocycles. The Hall–Kier alpha value is -0.810. The Bertz CT molecular complexity index is 359. The molecule has 0 unspecified atom stereocenters. The van der Waals surface area contributed by atoms with Crippen molar-refractivity contribution in [3.8, 4) is 0 Å². The lowest BCUT2D eigenvalue weighted by Crippen LogP contribution is -2.09. The number of nitrogens with one attached hydrogen (secondary N) is 1. The second kappa shape index (κ2) is 3.93. The van der Waals surface area contributed by atoms with Gasteiger partial charge in [-0.2, -0.15) is 0 Å². The lowest BCUT2D eigenvalue weighted by Gasteiger charge is -2.05. The molecule has 0 radical (unpaired) electrons. The van der Waals surface area contributed by atoms with Crippen molar-refractivity contribution >= 4 is 39.3 Å². The zero-order valence-electron chi connectivity index (χ0n) is 6.14. The van der Waals surface area contributed by atoms with Gasteiger partial charge in [0.1, 0.15) is 0 Å². The predicted octanol–water partition coefficient (Wildman–Crippen LogP) is 3.33. The molecule has 0 aliphatic rings. The predicted molar refractivity (Wildman–Crippen MR) is 50.8 cm³/mol. The molecule has 70 valence electrons. The van der Waals surface area contributed by atoms with Gasteiger partial charge in [-0.25, -0.2) is 9.18 Å². The van der Waals surface area contributed by atoms with Gasteiger partial charge in [0.2, 0.25) is 0 Å². The van der Waals surface area contributed by atoms with E-state index in [0.717, 1.165) is 0 Å². The number of halogens is 3. The van der Waals surface area contributed by atoms with Crippen molar-refractivity contribution in [2.24, 2.45) is 0 Å². The number of carboxylic acid groups (broad SMARTS) is 1. The van der Waals surface area contributed by atoms with Crippen LogP contribution in [0.15, 0.2) is 16.6 Å². The first-order valence-electron chi connectivity index (χ1n) is 3.16. The molecule has 0 spiro atoms. The standard InChI is InChI=1S/C7H4BrClFNO2/c8-3-1-2-4(9)6(5(3)10)11-7(12)13/h1-2,11H,(H,12,13). The van der Waals surface area contributed by atoms with Crippen molar-refractivity contribution < 1.29 is 14.3 Å². The van der Waals surface area contributed by atoms with E-state index in [4.69, 9.17) is 16.7 Å². The number of amides is 1. The van der Waals surface area contributed by atoms with Crippen molar-refractivity contribution in [3.05, 3.63) is 27.4 Å². The van der Waals surface area contributed by atoms with Crippen molar-refractivity contribution in [1.29, 1.82) is 0 Å². The molecular formula is C7H4BrClFNO2. The number of carbonyl (C=O) groups is 1. The van der Waals surface area contributed by atoms with E-state index in [1.54, 1.807) is 0 Å². The van der Waals surface area contributed by atoms with E-state index in [0.29, 0.717) is 0 Å². The maximum Gasteiger partial charge on any atom is 0.409 e. The van der Waals surface area contributed by atoms with E-state index >= 15 is 0 Å². The Morgan fingerprint density at radius 3 is 2.77 bits per heavy atom. The lowest BCUT2D eigenvalue weighted by molar-refractivity contribution is 0.209. The van der Waals surface area contributed by atoms with Gasteiger partial charge in [-0.05, 0) is 28.1 Å². The normalized spacial score (nSPS) is 9.77. The van der Waals surface area contributed by atoms with Gasteiger partial charge in [-0.1, -0.05) is 11.6 Å². The molecule has 0 bridgehead atoms. The van der Waals surface area contributed by atoms with Gasteiger partial charge in [0.05, 0.1) is 15.2 Å². The number of hydrogen-bond donors (Lipinski definition) is 2. The van der Waals surface area contributed by atoms with Crippen LogP contribution in [0.2, 0.25) is 5.02 Å². The summed E-state index contributed by atoms with van der Waals surface area (Å²) in [6.07, 6.45) is -1.36. The number of benzene rings is 1. The molecule has 1 amide bonds. The highest BCUT2D eigenvalue weighted by Crippen LogP contribution is 2.30. The van der Waals surface area contributed by atoms with Crippen LogP contribution >= 0.6 is 27.5 Å². The van der Waals surface area contributed by atoms with E-state index < -0.39 is 11.9 Å². The highest BCUT2D eigenvalue weighted by Gasteiger charge is 2.12. The van der Waals surface area contributed by atoms with Gasteiger partial charge in [-0.3, -0.25) is 5.32 Å². The van der Waals surface area contributed by atoms with Gasteiger partial charge in [0.15, 0.2) is 5.82 Å². The minimum Gasteiger partial charge on any atom is -0.465 e. The Labute approximate surface area is 86.6 Å². The van der Waals surface area contributed by atoms with Crippen molar-refractivity contribution in [2.75, 3.05) is 5.32 Å². The summed E-state index contributed by atoms with van der Waals surface area (Å²) in [4.78, 5) is 10.2. The van der Waals surface area contributed by atoms with E-state index in [1.165, 1.54) is 12.1 Å². The summed E-state index contributed by atoms with van der Waals surface area (Å²) < 4.78 is 13.3. The average Bonchev–Trinajstić information content (AvgIpc) is 2.05. The molecule has 1 rings (SSSR count). The van der Waals surface area contributed by atoms with Gasteiger partial charge >= 0.3 is 6.09 Å². The smallest absolute Gasteiger partial charge is 0.409 e. The minimum atomic E-state index is -1.36. The summed E-state index contributed by atoms with van der Waals surface area (Å²) in [6.45, 7) is 0. The SMILES string of the molecule is O=C(O)Nc1c(Cl)ccc(Br)c1F. The number of anilines is 1. The van der Waals surface area contributed by atoms with Gasteiger partial charge in [-0.15, -0.1) is 0 Å². The summed E-state index contributed by atoms with van der Waals surface area (Å²) in [5.41, 5.74) is -0.247. The molecule has 1 aromatic carbocycles. The molecule has 2 N–H and O–H groups in total. The van der Waals surface area contributed by atoms with Crippen LogP contribution in [0.5, 0.6) is 0 Å². The fourth-order valence-corrected chi connectivity index (χ4v) is 1.27. The topological polar surface area (TPSA) is 49.3 Å². The second-order valence-corrected chi connectivity index (χ2v) is 3.41. The molecule has 0 atom stereocenters. The molecule has 1 aromatic rings. The van der Waals surface area contributed by atoms with Crippen LogP contribution in [0.3, 0.4) is 0 Å². The van der Waals surface area contributed by atoms with E-state index in [2.05, 4.69) is 15.9 Å². The zero-order chi connectivity index (χ0) is 10.0. The van der Waals surface area contributed by atoms with Gasteiger partial charge in [0, 0.05) is 0 Å². The van der Waals surface area contributed by atoms with Crippen LogP contribution in [-0.2, 0) is 0 Å². The number of hydrogen-bond acceptors (Lipinski definition) is 1. The summed E-state index contributed by atoms with van der Waals surface area (Å²) >= 11 is 8.46. The molecule has 0 aliphatic carbocycles. The summed E-state index contributed by atoms with van der Waals surface area (Å²) in [7, 11) is 0. The maximum atomic E-state index is 13.2. The minimum absolute atomic E-state index is 0.0168. The van der Waals surface area contributed by atoms with E-state index in [-0.39, 0.29) is 15.2 Å². The monoisotopic (exact) mass is 267 g/mol. The first-order valence-corrected chi connectivity index (χ1v) is 4.33. The third kappa shape index (κ3) is 2.32. The molecule has 0 fully saturated rings. The van der Waals surface area contributed by atoms with E-state index in [9.17, 15) is 9.18 Å². The van der Waals surface area contributed by atoms with Crippen molar-refractivity contribution in [3.63, 3.8) is 0 Å². The molecule has 0 heterocycles. The fourth-order valence-electron chi connectivity index (χ4n) is 0.749. The lowest BCUT2D eigenvalue weighted by atomic mass is 10.3. The van der Waals surface area contributed by atoms with Crippen LogP contribution in [0.25, 0.3) is 0 Å². The molecule has 0 saturated carbocycles. The van der Waals surface area contributed by atoms with Crippen LogP contribution in [0.1, 0.15) is 0 Å². The van der Waals surface area contributed by atoms with Gasteiger partial charge in [0.25, 0.3) is 0 Å². The van der Waals surface area contributed by atoms with Crippen LogP contribution < -0.4 is 5.32 Å². The van der Waals surface area contributed by atoms with Crippen molar-refractivity contribution in [1.82, 2.24) is 0 Å². The first kappa shape index (κ1) is 10.3. The molecular weight excluding hydrogens is 264 g/mol. The summed E-state index contributed by atoms with van der Waals surface area (Å²) in [6, 6.07) is 2.78. The Morgan fingerprint density at radius 2 is 2.23 bits per heavy atom. The Balaban J connectivity index is 3.17. The highest BCUT2D eigenvalue weighted by molar-refractivity contribution is 9.10. The summed E-state index contributed by atoms with van der Waals surface area (Å²) in [5.74, 6) is -0.727.